The Morgan fingerprint density at radius 2 is 1.87 bits per heavy atom. The lowest BCUT2D eigenvalue weighted by Gasteiger charge is -2.19. The Hall–Kier alpha value is -1.80. The van der Waals surface area contributed by atoms with Gasteiger partial charge in [0.05, 0.1) is 15.7 Å². The molecule has 0 atom stereocenters. The lowest BCUT2D eigenvalue weighted by atomic mass is 9.87. The van der Waals surface area contributed by atoms with Crippen LogP contribution < -0.4 is 0 Å². The second-order valence-electron chi connectivity index (χ2n) is 7.90. The van der Waals surface area contributed by atoms with Crippen molar-refractivity contribution >= 4 is 31.7 Å². The molecule has 0 saturated carbocycles. The topological polar surface area (TPSA) is 116 Å². The fourth-order valence-electron chi connectivity index (χ4n) is 2.87. The molecule has 1 aliphatic rings. The van der Waals surface area contributed by atoms with Gasteiger partial charge in [0.2, 0.25) is 9.84 Å². The summed E-state index contributed by atoms with van der Waals surface area (Å²) in [6, 6.07) is 8.31. The Labute approximate surface area is 183 Å². The summed E-state index contributed by atoms with van der Waals surface area (Å²) < 4.78 is 56.3. The van der Waals surface area contributed by atoms with Crippen LogP contribution in [0.15, 0.2) is 51.2 Å². The van der Waals surface area contributed by atoms with Gasteiger partial charge in [0.1, 0.15) is 11.0 Å². The van der Waals surface area contributed by atoms with Gasteiger partial charge in [-0.05, 0) is 41.7 Å². The first kappa shape index (κ1) is 24.5. The van der Waals surface area contributed by atoms with E-state index in [0.29, 0.717) is 13.1 Å². The van der Waals surface area contributed by atoms with E-state index in [9.17, 15) is 22.1 Å². The highest BCUT2D eigenvalue weighted by atomic mass is 32.2. The van der Waals surface area contributed by atoms with Crippen LogP contribution in [0.1, 0.15) is 32.8 Å². The zero-order valence-electron chi connectivity index (χ0n) is 17.2. The van der Waals surface area contributed by atoms with Gasteiger partial charge in [-0.25, -0.2) is 8.42 Å². The third-order valence-corrected chi connectivity index (χ3v) is 8.14. The fraction of sp³-hybridized carbons (Fsp3) is 0.450. The van der Waals surface area contributed by atoms with Crippen molar-refractivity contribution in [2.75, 3.05) is 24.6 Å². The summed E-state index contributed by atoms with van der Waals surface area (Å²) in [7, 11) is -7.96. The second-order valence-corrected chi connectivity index (χ2v) is 12.5. The van der Waals surface area contributed by atoms with Crippen molar-refractivity contribution < 1.29 is 21.4 Å². The van der Waals surface area contributed by atoms with Crippen LogP contribution in [0.5, 0.6) is 0 Å². The van der Waals surface area contributed by atoms with E-state index in [0.717, 1.165) is 16.3 Å². The first-order chi connectivity index (χ1) is 13.8. The third-order valence-electron chi connectivity index (χ3n) is 4.56. The molecular weight excluding hydrogens is 444 g/mol. The molecule has 30 heavy (non-hydrogen) atoms. The molecule has 2 rings (SSSR count). The minimum absolute atomic E-state index is 0.0609. The van der Waals surface area contributed by atoms with E-state index in [1.165, 1.54) is 30.0 Å². The molecule has 1 fully saturated rings. The van der Waals surface area contributed by atoms with Gasteiger partial charge in [-0.2, -0.15) is 13.7 Å². The maximum absolute atomic E-state index is 12.9. The zero-order chi connectivity index (χ0) is 22.6. The van der Waals surface area contributed by atoms with Gasteiger partial charge in [0.15, 0.2) is 0 Å². The molecule has 1 aromatic rings. The van der Waals surface area contributed by atoms with Crippen molar-refractivity contribution in [3.63, 3.8) is 0 Å². The van der Waals surface area contributed by atoms with Crippen LogP contribution in [0.2, 0.25) is 0 Å². The number of rotatable bonds is 7. The highest BCUT2D eigenvalue weighted by Crippen LogP contribution is 2.29. The molecule has 0 amide bonds. The molecular formula is C20H26N2O5S3. The normalized spacial score (nSPS) is 17.4. The molecule has 0 aromatic heterocycles. The van der Waals surface area contributed by atoms with Crippen LogP contribution in [0, 0.1) is 11.3 Å². The number of hydrogen-bond donors (Lipinski definition) is 1. The number of hydrogen-bond acceptors (Lipinski definition) is 7. The Bertz CT molecular complexity index is 1070. The molecule has 0 bridgehead atoms. The summed E-state index contributed by atoms with van der Waals surface area (Å²) >= 11 is 1.50. The average molecular weight is 471 g/mol. The predicted octanol–water partition coefficient (Wildman–Crippen LogP) is 3.33. The van der Waals surface area contributed by atoms with Crippen LogP contribution in [-0.4, -0.2) is 50.9 Å². The van der Waals surface area contributed by atoms with Crippen molar-refractivity contribution in [2.45, 2.75) is 37.5 Å². The molecule has 10 heteroatoms. The first-order valence-electron chi connectivity index (χ1n) is 9.35. The average Bonchev–Trinajstić information content (AvgIpc) is 3.08. The Morgan fingerprint density at radius 1 is 1.23 bits per heavy atom. The summed E-state index contributed by atoms with van der Waals surface area (Å²) in [6.07, 6.45) is 3.12. The molecule has 7 nitrogen and oxygen atoms in total. The van der Waals surface area contributed by atoms with Gasteiger partial charge in [-0.15, -0.1) is 11.8 Å². The number of nitrogens with zero attached hydrogens (tertiary/aromatic N) is 2. The number of thioether (sulfide) groups is 1. The molecule has 1 aliphatic heterocycles. The summed E-state index contributed by atoms with van der Waals surface area (Å²) in [4.78, 5) is 1.61. The third kappa shape index (κ3) is 6.60. The van der Waals surface area contributed by atoms with Gasteiger partial charge in [0.25, 0.3) is 10.1 Å². The number of allylic oxidation sites excluding steroid dienone is 3. The van der Waals surface area contributed by atoms with E-state index in [2.05, 4.69) is 0 Å². The molecule has 0 radical (unpaired) electrons. The summed E-state index contributed by atoms with van der Waals surface area (Å²) in [5.41, 5.74) is 0.882. The highest BCUT2D eigenvalue weighted by molar-refractivity contribution is 8.03. The van der Waals surface area contributed by atoms with Crippen LogP contribution in [-0.2, 0) is 25.4 Å². The van der Waals surface area contributed by atoms with Crippen molar-refractivity contribution in [3.05, 3.63) is 51.9 Å². The lowest BCUT2D eigenvalue weighted by Crippen LogP contribution is -2.21. The van der Waals surface area contributed by atoms with Gasteiger partial charge < -0.3 is 4.90 Å². The van der Waals surface area contributed by atoms with E-state index in [1.54, 1.807) is 24.3 Å². The van der Waals surface area contributed by atoms with E-state index < -0.39 is 20.0 Å². The van der Waals surface area contributed by atoms with E-state index in [4.69, 9.17) is 4.55 Å². The quantitative estimate of drug-likeness (QED) is 0.476. The Kier molecular flexibility index (Phi) is 7.80. The molecule has 0 unspecified atom stereocenters. The second kappa shape index (κ2) is 9.56. The van der Waals surface area contributed by atoms with Crippen molar-refractivity contribution in [3.8, 4) is 6.07 Å². The lowest BCUT2D eigenvalue weighted by molar-refractivity contribution is 0.398. The van der Waals surface area contributed by atoms with Crippen LogP contribution in [0.3, 0.4) is 0 Å². The summed E-state index contributed by atoms with van der Waals surface area (Å²) in [5.74, 6) is 0.439. The van der Waals surface area contributed by atoms with E-state index >= 15 is 0 Å². The zero-order valence-corrected chi connectivity index (χ0v) is 19.6. The number of sulfone groups is 1. The van der Waals surface area contributed by atoms with Crippen LogP contribution >= 0.6 is 11.8 Å². The SMILES string of the molecule is CC(C)(C)c1ccc(S(=O)(=O)C(C#N)=CC=C2SCCN2CCCS(=O)(=O)O)cc1. The minimum atomic E-state index is -4.01. The van der Waals surface area contributed by atoms with Crippen LogP contribution in [0.25, 0.3) is 0 Å². The van der Waals surface area contributed by atoms with Crippen molar-refractivity contribution in [1.82, 2.24) is 4.90 Å². The molecule has 1 heterocycles. The van der Waals surface area contributed by atoms with Crippen molar-refractivity contribution in [2.24, 2.45) is 0 Å². The Balaban J connectivity index is 2.22. The summed E-state index contributed by atoms with van der Waals surface area (Å²) in [6.45, 7) is 7.19. The van der Waals surface area contributed by atoms with E-state index in [1.807, 2.05) is 25.7 Å². The van der Waals surface area contributed by atoms with E-state index in [-0.39, 0.29) is 27.4 Å². The van der Waals surface area contributed by atoms with Crippen molar-refractivity contribution in [1.29, 1.82) is 5.26 Å². The minimum Gasteiger partial charge on any atom is -0.365 e. The Morgan fingerprint density at radius 3 is 2.40 bits per heavy atom. The smallest absolute Gasteiger partial charge is 0.264 e. The van der Waals surface area contributed by atoms with Gasteiger partial charge in [0, 0.05) is 18.8 Å². The number of benzene rings is 1. The molecule has 1 N–H and O–H groups in total. The standard InChI is InChI=1S/C20H26N2O5S3/c1-20(2,3)16-5-7-17(8-6-16)30(26,27)18(15-21)9-10-19-22(12-13-28-19)11-4-14-29(23,24)25/h5-10H,4,11-14H2,1-3H3,(H,23,24,25). The first-order valence-corrected chi connectivity index (χ1v) is 13.4. The molecule has 1 aromatic carbocycles. The van der Waals surface area contributed by atoms with Gasteiger partial charge in [-0.1, -0.05) is 32.9 Å². The summed E-state index contributed by atoms with van der Waals surface area (Å²) in [5, 5.41) is 10.2. The van der Waals surface area contributed by atoms with Crippen LogP contribution in [0.4, 0.5) is 0 Å². The molecule has 0 spiro atoms. The van der Waals surface area contributed by atoms with Gasteiger partial charge in [-0.3, -0.25) is 4.55 Å². The maximum atomic E-state index is 12.9. The largest absolute Gasteiger partial charge is 0.365 e. The number of nitriles is 1. The van der Waals surface area contributed by atoms with Gasteiger partial charge >= 0.3 is 0 Å². The highest BCUT2D eigenvalue weighted by Gasteiger charge is 2.23. The maximum Gasteiger partial charge on any atom is 0.264 e. The fourth-order valence-corrected chi connectivity index (χ4v) is 5.53. The molecule has 164 valence electrons. The molecule has 0 aliphatic carbocycles. The molecule has 1 saturated heterocycles. The monoisotopic (exact) mass is 470 g/mol. The predicted molar refractivity (Wildman–Crippen MR) is 119 cm³/mol.